The van der Waals surface area contributed by atoms with Gasteiger partial charge in [0.15, 0.2) is 0 Å². The Morgan fingerprint density at radius 1 is 0.857 bits per heavy atom. The van der Waals surface area contributed by atoms with E-state index < -0.39 is 0 Å². The first-order valence-electron chi connectivity index (χ1n) is 10.3. The van der Waals surface area contributed by atoms with Crippen molar-refractivity contribution in [3.63, 3.8) is 0 Å². The van der Waals surface area contributed by atoms with Crippen molar-refractivity contribution in [2.75, 3.05) is 31.5 Å². The van der Waals surface area contributed by atoms with Crippen molar-refractivity contribution in [2.45, 2.75) is 38.8 Å². The fourth-order valence-corrected chi connectivity index (χ4v) is 4.22. The Hall–Kier alpha value is -2.37. The molecule has 4 rings (SSSR count). The Bertz CT molecular complexity index is 771. The molecule has 0 radical (unpaired) electrons. The first kappa shape index (κ1) is 19.0. The van der Waals surface area contributed by atoms with Gasteiger partial charge in [0.1, 0.15) is 5.75 Å². The van der Waals surface area contributed by atoms with Crippen LogP contribution in [0.25, 0.3) is 0 Å². The molecule has 5 nitrogen and oxygen atoms in total. The molecule has 2 aliphatic heterocycles. The molecule has 2 aliphatic rings. The number of anilines is 1. The topological polar surface area (TPSA) is 55.8 Å². The zero-order valence-electron chi connectivity index (χ0n) is 16.4. The standard InChI is InChI=1S/C23H29N3O2/c27-22-19(16-25-10-4-5-11-25)14-18(15-20(22)17-26-12-6-7-13-26)23(28)24-21-8-2-1-3-9-21/h1-3,8-9,14-15,27H,4-7,10-13,16-17H2,(H,24,28). The second kappa shape index (κ2) is 8.76. The number of carbonyl (C=O) groups is 1. The number of rotatable bonds is 6. The van der Waals surface area contributed by atoms with E-state index in [0.717, 1.165) is 43.0 Å². The molecule has 28 heavy (non-hydrogen) atoms. The third-order valence-corrected chi connectivity index (χ3v) is 5.75. The number of carbonyl (C=O) groups excluding carboxylic acids is 1. The molecule has 2 heterocycles. The summed E-state index contributed by atoms with van der Waals surface area (Å²) in [6.07, 6.45) is 4.82. The maximum atomic E-state index is 12.9. The quantitative estimate of drug-likeness (QED) is 0.801. The molecule has 0 saturated carbocycles. The number of hydrogen-bond donors (Lipinski definition) is 2. The molecule has 0 aromatic heterocycles. The van der Waals surface area contributed by atoms with Crippen molar-refractivity contribution in [2.24, 2.45) is 0 Å². The fourth-order valence-electron chi connectivity index (χ4n) is 4.22. The van der Waals surface area contributed by atoms with Crippen molar-refractivity contribution < 1.29 is 9.90 Å². The Morgan fingerprint density at radius 3 is 1.86 bits per heavy atom. The van der Waals surface area contributed by atoms with Gasteiger partial charge in [-0.25, -0.2) is 0 Å². The number of amides is 1. The van der Waals surface area contributed by atoms with Crippen LogP contribution < -0.4 is 5.32 Å². The minimum Gasteiger partial charge on any atom is -0.507 e. The van der Waals surface area contributed by atoms with Gasteiger partial charge in [-0.2, -0.15) is 0 Å². The van der Waals surface area contributed by atoms with E-state index in [1.807, 2.05) is 42.5 Å². The van der Waals surface area contributed by atoms with Crippen LogP contribution in [-0.4, -0.2) is 47.0 Å². The van der Waals surface area contributed by atoms with Gasteiger partial charge in [0, 0.05) is 35.5 Å². The molecule has 1 amide bonds. The van der Waals surface area contributed by atoms with Gasteiger partial charge in [-0.05, 0) is 76.1 Å². The van der Waals surface area contributed by atoms with Crippen LogP contribution in [0.15, 0.2) is 42.5 Å². The van der Waals surface area contributed by atoms with Gasteiger partial charge < -0.3 is 10.4 Å². The molecular formula is C23H29N3O2. The second-order valence-electron chi connectivity index (χ2n) is 7.93. The summed E-state index contributed by atoms with van der Waals surface area (Å²) in [6, 6.07) is 13.2. The predicted molar refractivity (Wildman–Crippen MR) is 112 cm³/mol. The highest BCUT2D eigenvalue weighted by atomic mass is 16.3. The molecule has 148 valence electrons. The third-order valence-electron chi connectivity index (χ3n) is 5.75. The van der Waals surface area contributed by atoms with Crippen molar-refractivity contribution in [3.05, 3.63) is 59.2 Å². The number of hydrogen-bond acceptors (Lipinski definition) is 4. The Labute approximate surface area is 167 Å². The van der Waals surface area contributed by atoms with E-state index in [1.165, 1.54) is 25.7 Å². The molecule has 0 atom stereocenters. The third kappa shape index (κ3) is 4.54. The monoisotopic (exact) mass is 379 g/mol. The molecule has 0 spiro atoms. The molecule has 5 heteroatoms. The van der Waals surface area contributed by atoms with Crippen LogP contribution in [0.1, 0.15) is 47.2 Å². The number of aromatic hydroxyl groups is 1. The Balaban J connectivity index is 1.60. The lowest BCUT2D eigenvalue weighted by atomic mass is 10.0. The molecule has 2 fully saturated rings. The summed E-state index contributed by atoms with van der Waals surface area (Å²) in [5.41, 5.74) is 3.11. The van der Waals surface area contributed by atoms with Gasteiger partial charge in [-0.1, -0.05) is 18.2 Å². The van der Waals surface area contributed by atoms with Crippen LogP contribution in [0.5, 0.6) is 5.75 Å². The molecule has 2 saturated heterocycles. The molecule has 2 N–H and O–H groups in total. The maximum absolute atomic E-state index is 12.9. The minimum absolute atomic E-state index is 0.128. The highest BCUT2D eigenvalue weighted by molar-refractivity contribution is 6.04. The predicted octanol–water partition coefficient (Wildman–Crippen LogP) is 3.84. The number of phenolic OH excluding ortho intramolecular Hbond substituents is 1. The summed E-state index contributed by atoms with van der Waals surface area (Å²) < 4.78 is 0. The summed E-state index contributed by atoms with van der Waals surface area (Å²) >= 11 is 0. The SMILES string of the molecule is O=C(Nc1ccccc1)c1cc(CN2CCCC2)c(O)c(CN2CCCC2)c1. The van der Waals surface area contributed by atoms with E-state index >= 15 is 0 Å². The van der Waals surface area contributed by atoms with Gasteiger partial charge in [0.05, 0.1) is 0 Å². The normalized spacial score (nSPS) is 17.9. The first-order chi connectivity index (χ1) is 13.7. The molecule has 0 aliphatic carbocycles. The summed E-state index contributed by atoms with van der Waals surface area (Å²) in [6.45, 7) is 5.63. The van der Waals surface area contributed by atoms with Gasteiger partial charge in [0.2, 0.25) is 0 Å². The largest absolute Gasteiger partial charge is 0.507 e. The number of benzene rings is 2. The Kier molecular flexibility index (Phi) is 5.93. The van der Waals surface area contributed by atoms with E-state index in [9.17, 15) is 9.90 Å². The van der Waals surface area contributed by atoms with Crippen molar-refractivity contribution in [1.82, 2.24) is 9.80 Å². The zero-order chi connectivity index (χ0) is 19.3. The lowest BCUT2D eigenvalue weighted by molar-refractivity contribution is 0.102. The molecule has 2 aromatic carbocycles. The maximum Gasteiger partial charge on any atom is 0.255 e. The average molecular weight is 380 g/mol. The first-order valence-corrected chi connectivity index (χ1v) is 10.3. The summed E-state index contributed by atoms with van der Waals surface area (Å²) in [4.78, 5) is 17.6. The number of likely N-dealkylation sites (tertiary alicyclic amines) is 2. The van der Waals surface area contributed by atoms with E-state index in [-0.39, 0.29) is 5.91 Å². The van der Waals surface area contributed by atoms with Crippen molar-refractivity contribution in [1.29, 1.82) is 0 Å². The smallest absolute Gasteiger partial charge is 0.255 e. The number of nitrogens with zero attached hydrogens (tertiary/aromatic N) is 2. The highest BCUT2D eigenvalue weighted by Gasteiger charge is 2.21. The summed E-state index contributed by atoms with van der Waals surface area (Å²) in [7, 11) is 0. The van der Waals surface area contributed by atoms with Crippen LogP contribution in [0, 0.1) is 0 Å². The Morgan fingerprint density at radius 2 is 1.36 bits per heavy atom. The molecule has 0 unspecified atom stereocenters. The lowest BCUT2D eigenvalue weighted by Crippen LogP contribution is -2.22. The zero-order valence-corrected chi connectivity index (χ0v) is 16.4. The van der Waals surface area contributed by atoms with Crippen LogP contribution in [0.2, 0.25) is 0 Å². The van der Waals surface area contributed by atoms with E-state index in [2.05, 4.69) is 15.1 Å². The van der Waals surface area contributed by atoms with E-state index in [0.29, 0.717) is 24.4 Å². The van der Waals surface area contributed by atoms with Crippen LogP contribution >= 0.6 is 0 Å². The van der Waals surface area contributed by atoms with Gasteiger partial charge in [0.25, 0.3) is 5.91 Å². The van der Waals surface area contributed by atoms with Crippen LogP contribution in [0.4, 0.5) is 5.69 Å². The van der Waals surface area contributed by atoms with Crippen LogP contribution in [-0.2, 0) is 13.1 Å². The lowest BCUT2D eigenvalue weighted by Gasteiger charge is -2.21. The summed E-state index contributed by atoms with van der Waals surface area (Å²) in [5, 5.41) is 13.9. The van der Waals surface area contributed by atoms with E-state index in [4.69, 9.17) is 0 Å². The highest BCUT2D eigenvalue weighted by Crippen LogP contribution is 2.29. The molecule has 0 bridgehead atoms. The molecular weight excluding hydrogens is 350 g/mol. The van der Waals surface area contributed by atoms with Crippen LogP contribution in [0.3, 0.4) is 0 Å². The number of phenols is 1. The average Bonchev–Trinajstić information content (AvgIpc) is 3.40. The van der Waals surface area contributed by atoms with E-state index in [1.54, 1.807) is 0 Å². The van der Waals surface area contributed by atoms with Gasteiger partial charge in [-0.15, -0.1) is 0 Å². The molecule has 2 aromatic rings. The van der Waals surface area contributed by atoms with Crippen molar-refractivity contribution >= 4 is 11.6 Å². The van der Waals surface area contributed by atoms with Crippen molar-refractivity contribution in [3.8, 4) is 5.75 Å². The number of nitrogens with one attached hydrogen (secondary N) is 1. The second-order valence-corrected chi connectivity index (χ2v) is 7.93. The minimum atomic E-state index is -0.128. The summed E-state index contributed by atoms with van der Waals surface area (Å²) in [5.74, 6) is 0.228. The van der Waals surface area contributed by atoms with Gasteiger partial charge >= 0.3 is 0 Å². The van der Waals surface area contributed by atoms with Gasteiger partial charge in [-0.3, -0.25) is 14.6 Å². The number of para-hydroxylation sites is 1. The fraction of sp³-hybridized carbons (Fsp3) is 0.435.